The molecule has 0 aromatic carbocycles. The second kappa shape index (κ2) is 17.5. The average Bonchev–Trinajstić information content (AvgIpc) is 2.65. The monoisotopic (exact) mass is 446 g/mol. The van der Waals surface area contributed by atoms with Gasteiger partial charge < -0.3 is 9.47 Å². The number of carbonyl (C=O) groups excluding carboxylic acids is 2. The third-order valence-corrected chi connectivity index (χ3v) is 6.08. The number of hydrogen-bond donors (Lipinski definition) is 1. The summed E-state index contributed by atoms with van der Waals surface area (Å²) in [4.78, 5) is 24.2. The molecule has 0 aliphatic heterocycles. The van der Waals surface area contributed by atoms with E-state index in [1.165, 1.54) is 0 Å². The van der Waals surface area contributed by atoms with Crippen molar-refractivity contribution in [2.24, 2.45) is 11.8 Å². The second-order valence-electron chi connectivity index (χ2n) is 7.35. The number of rotatable bonds is 16. The molecule has 0 saturated heterocycles. The van der Waals surface area contributed by atoms with E-state index in [4.69, 9.17) is 9.47 Å². The van der Waals surface area contributed by atoms with E-state index in [1.54, 1.807) is 0 Å². The summed E-state index contributed by atoms with van der Waals surface area (Å²) in [5.74, 6) is -1.61. The molecule has 9 heteroatoms. The van der Waals surface area contributed by atoms with Crippen molar-refractivity contribution in [2.45, 2.75) is 90.7 Å². The summed E-state index contributed by atoms with van der Waals surface area (Å²) < 4.78 is 42.8. The third-order valence-electron chi connectivity index (χ3n) is 5.00. The summed E-state index contributed by atoms with van der Waals surface area (Å²) in [6, 6.07) is 0. The summed E-state index contributed by atoms with van der Waals surface area (Å²) >= 11 is 0. The molecule has 0 bridgehead atoms. The minimum absolute atomic E-state index is 0. The van der Waals surface area contributed by atoms with Crippen molar-refractivity contribution in [2.75, 3.05) is 13.2 Å². The van der Waals surface area contributed by atoms with Gasteiger partial charge in [0, 0.05) is 0 Å². The summed E-state index contributed by atoms with van der Waals surface area (Å²) in [5.41, 5.74) is 0. The fourth-order valence-electron chi connectivity index (χ4n) is 2.82. The Morgan fingerprint density at radius 3 is 1.69 bits per heavy atom. The molecule has 168 valence electrons. The predicted octanol–water partition coefficient (Wildman–Crippen LogP) is 3.50. The van der Waals surface area contributed by atoms with Gasteiger partial charge in [-0.15, -0.1) is 0 Å². The van der Waals surface area contributed by atoms with Crippen molar-refractivity contribution >= 4 is 51.6 Å². The first-order chi connectivity index (χ1) is 13.2. The molecule has 0 aliphatic rings. The van der Waals surface area contributed by atoms with Gasteiger partial charge in [-0.3, -0.25) is 14.1 Å². The van der Waals surface area contributed by atoms with Crippen LogP contribution in [0.15, 0.2) is 0 Å². The number of unbranched alkanes of at least 4 members (excludes halogenated alkanes) is 2. The quantitative estimate of drug-likeness (QED) is 0.220. The molecule has 0 heterocycles. The van der Waals surface area contributed by atoms with Gasteiger partial charge in [0.25, 0.3) is 10.1 Å². The van der Waals surface area contributed by atoms with Crippen molar-refractivity contribution < 1.29 is 32.0 Å². The van der Waals surface area contributed by atoms with E-state index in [2.05, 4.69) is 13.8 Å². The first kappa shape index (κ1) is 31.0. The molecule has 3 atom stereocenters. The van der Waals surface area contributed by atoms with E-state index in [0.717, 1.165) is 51.4 Å². The molecule has 1 N–H and O–H groups in total. The molecule has 0 saturated carbocycles. The normalized spacial score (nSPS) is 14.4. The van der Waals surface area contributed by atoms with Crippen LogP contribution in [-0.4, -0.2) is 72.9 Å². The molecule has 7 nitrogen and oxygen atoms in total. The molecule has 0 radical (unpaired) electrons. The Balaban J connectivity index is 0. The Morgan fingerprint density at radius 2 is 1.31 bits per heavy atom. The summed E-state index contributed by atoms with van der Waals surface area (Å²) in [5, 5.41) is -1.95. The summed E-state index contributed by atoms with van der Waals surface area (Å²) in [6.07, 6.45) is 6.74. The first-order valence-electron chi connectivity index (χ1n) is 10.5. The van der Waals surface area contributed by atoms with Crippen LogP contribution in [0.4, 0.5) is 0 Å². The maximum absolute atomic E-state index is 12.2. The van der Waals surface area contributed by atoms with Crippen molar-refractivity contribution in [1.82, 2.24) is 0 Å². The Hall–Kier alpha value is -0.150. The zero-order valence-corrected chi connectivity index (χ0v) is 18.6. The van der Waals surface area contributed by atoms with Gasteiger partial charge >= 0.3 is 41.5 Å². The van der Waals surface area contributed by atoms with Gasteiger partial charge in [0.2, 0.25) is 0 Å². The standard InChI is InChI=1S/C20H38O7S.Na.H/c1-5-9-11-16(7-3)14-26-19(21)13-18(28(23,24)25)20(22)27-15-17(8-4)12-10-6-2;;/h16-18H,5-15H2,1-4H3,(H,23,24,25);;. The first-order valence-corrected chi connectivity index (χ1v) is 12.0. The van der Waals surface area contributed by atoms with Crippen LogP contribution in [0.3, 0.4) is 0 Å². The summed E-state index contributed by atoms with van der Waals surface area (Å²) in [6.45, 7) is 8.35. The fraction of sp³-hybridized carbons (Fsp3) is 0.900. The van der Waals surface area contributed by atoms with Gasteiger partial charge in [-0.2, -0.15) is 8.42 Å². The molecule has 0 aliphatic carbocycles. The van der Waals surface area contributed by atoms with Crippen LogP contribution >= 0.6 is 0 Å². The number of esters is 2. The van der Waals surface area contributed by atoms with Gasteiger partial charge in [-0.1, -0.05) is 66.2 Å². The third kappa shape index (κ3) is 14.5. The zero-order valence-electron chi connectivity index (χ0n) is 17.8. The maximum atomic E-state index is 12.2. The molecular formula is C20H39NaO7S. The molecule has 0 amide bonds. The molecule has 29 heavy (non-hydrogen) atoms. The topological polar surface area (TPSA) is 107 Å². The van der Waals surface area contributed by atoms with E-state index >= 15 is 0 Å². The van der Waals surface area contributed by atoms with Crippen LogP contribution in [0.2, 0.25) is 0 Å². The van der Waals surface area contributed by atoms with Crippen molar-refractivity contribution in [3.63, 3.8) is 0 Å². The van der Waals surface area contributed by atoms with E-state index in [-0.39, 0.29) is 54.6 Å². The summed E-state index contributed by atoms with van der Waals surface area (Å²) in [7, 11) is -4.76. The molecule has 0 spiro atoms. The predicted molar refractivity (Wildman–Crippen MR) is 116 cm³/mol. The van der Waals surface area contributed by atoms with Crippen LogP contribution in [-0.2, 0) is 29.2 Å². The SMILES string of the molecule is CCCCC(CC)COC(=O)CC(C(=O)OCC(CC)CCCC)S(=O)(=O)O.[NaH]. The van der Waals surface area contributed by atoms with E-state index in [9.17, 15) is 22.6 Å². The van der Waals surface area contributed by atoms with E-state index < -0.39 is 33.7 Å². The number of hydrogen-bond acceptors (Lipinski definition) is 6. The molecule has 0 aromatic heterocycles. The van der Waals surface area contributed by atoms with Crippen LogP contribution in [0.5, 0.6) is 0 Å². The molecular weight excluding hydrogens is 407 g/mol. The van der Waals surface area contributed by atoms with Crippen LogP contribution in [0.25, 0.3) is 0 Å². The average molecular weight is 447 g/mol. The molecule has 0 aromatic rings. The van der Waals surface area contributed by atoms with Gasteiger partial charge in [-0.25, -0.2) is 0 Å². The van der Waals surface area contributed by atoms with Crippen LogP contribution in [0, 0.1) is 11.8 Å². The van der Waals surface area contributed by atoms with E-state index in [1.807, 2.05) is 13.8 Å². The molecule has 0 fully saturated rings. The van der Waals surface area contributed by atoms with Gasteiger partial charge in [0.05, 0.1) is 19.6 Å². The number of ether oxygens (including phenoxy) is 2. The fourth-order valence-corrected chi connectivity index (χ4v) is 3.48. The Kier molecular flexibility index (Phi) is 18.8. The molecule has 0 rings (SSSR count). The number of carbonyl (C=O) groups is 2. The minimum atomic E-state index is -4.76. The van der Waals surface area contributed by atoms with Gasteiger partial charge in [0.15, 0.2) is 5.25 Å². The van der Waals surface area contributed by atoms with Crippen LogP contribution < -0.4 is 0 Å². The van der Waals surface area contributed by atoms with Crippen LogP contribution in [0.1, 0.15) is 85.5 Å². The Bertz CT molecular complexity index is 551. The van der Waals surface area contributed by atoms with Gasteiger partial charge in [0.1, 0.15) is 0 Å². The van der Waals surface area contributed by atoms with Crippen molar-refractivity contribution in [3.05, 3.63) is 0 Å². The van der Waals surface area contributed by atoms with E-state index in [0.29, 0.717) is 0 Å². The Labute approximate surface area is 198 Å². The zero-order chi connectivity index (χ0) is 21.6. The Morgan fingerprint density at radius 1 is 0.862 bits per heavy atom. The van der Waals surface area contributed by atoms with Crippen molar-refractivity contribution in [1.29, 1.82) is 0 Å². The molecule has 3 unspecified atom stereocenters. The second-order valence-corrected chi connectivity index (χ2v) is 8.95. The van der Waals surface area contributed by atoms with Gasteiger partial charge in [-0.05, 0) is 24.7 Å². The van der Waals surface area contributed by atoms with Crippen molar-refractivity contribution in [3.8, 4) is 0 Å².